The van der Waals surface area contributed by atoms with Gasteiger partial charge >= 0.3 is 5.97 Å². The summed E-state index contributed by atoms with van der Waals surface area (Å²) in [6, 6.07) is 7.45. The summed E-state index contributed by atoms with van der Waals surface area (Å²) in [5, 5.41) is 11.1. The van der Waals surface area contributed by atoms with Gasteiger partial charge in [0.25, 0.3) is 0 Å². The molecule has 0 radical (unpaired) electrons. The molecule has 1 amide bonds. The first-order chi connectivity index (χ1) is 8.54. The molecule has 2 N–H and O–H groups in total. The number of amides is 1. The first-order valence-corrected chi connectivity index (χ1v) is 7.56. The van der Waals surface area contributed by atoms with Crippen molar-refractivity contribution in [1.82, 2.24) is 0 Å². The SMILES string of the molecule is CCC(SCC(=O)Nc1ccccc1I)C(=O)O. The van der Waals surface area contributed by atoms with Gasteiger partial charge < -0.3 is 10.4 Å². The number of carboxylic acids is 1. The van der Waals surface area contributed by atoms with Gasteiger partial charge in [-0.3, -0.25) is 9.59 Å². The molecule has 98 valence electrons. The lowest BCUT2D eigenvalue weighted by molar-refractivity contribution is -0.136. The highest BCUT2D eigenvalue weighted by molar-refractivity contribution is 14.1. The zero-order valence-electron chi connectivity index (χ0n) is 9.85. The second-order valence-electron chi connectivity index (χ2n) is 3.57. The number of carboxylic acid groups (broad SMARTS) is 1. The van der Waals surface area contributed by atoms with E-state index in [4.69, 9.17) is 5.11 Å². The summed E-state index contributed by atoms with van der Waals surface area (Å²) >= 11 is 3.29. The van der Waals surface area contributed by atoms with Gasteiger partial charge in [-0.1, -0.05) is 19.1 Å². The van der Waals surface area contributed by atoms with Gasteiger partial charge in [0.1, 0.15) is 5.25 Å². The van der Waals surface area contributed by atoms with Crippen LogP contribution in [0.15, 0.2) is 24.3 Å². The van der Waals surface area contributed by atoms with Crippen molar-refractivity contribution >= 4 is 51.9 Å². The van der Waals surface area contributed by atoms with Gasteiger partial charge in [-0.2, -0.15) is 0 Å². The lowest BCUT2D eigenvalue weighted by atomic mass is 10.3. The van der Waals surface area contributed by atoms with Crippen molar-refractivity contribution in [3.8, 4) is 0 Å². The predicted molar refractivity (Wildman–Crippen MR) is 82.0 cm³/mol. The van der Waals surface area contributed by atoms with Gasteiger partial charge in [-0.15, -0.1) is 11.8 Å². The molecule has 1 aromatic rings. The monoisotopic (exact) mass is 379 g/mol. The Morgan fingerprint density at radius 2 is 2.11 bits per heavy atom. The Morgan fingerprint density at radius 3 is 2.67 bits per heavy atom. The van der Waals surface area contributed by atoms with Crippen LogP contribution in [0.2, 0.25) is 0 Å². The maximum absolute atomic E-state index is 11.7. The first kappa shape index (κ1) is 15.3. The third-order valence-corrected chi connectivity index (χ3v) is 4.52. The minimum absolute atomic E-state index is 0.149. The zero-order chi connectivity index (χ0) is 13.5. The van der Waals surface area contributed by atoms with E-state index >= 15 is 0 Å². The first-order valence-electron chi connectivity index (χ1n) is 5.43. The van der Waals surface area contributed by atoms with Crippen molar-refractivity contribution in [3.05, 3.63) is 27.8 Å². The molecule has 0 bridgehead atoms. The molecule has 0 fully saturated rings. The fourth-order valence-corrected chi connectivity index (χ4v) is 2.61. The molecule has 0 aliphatic carbocycles. The minimum atomic E-state index is -0.871. The van der Waals surface area contributed by atoms with Gasteiger partial charge in [0.2, 0.25) is 5.91 Å². The maximum Gasteiger partial charge on any atom is 0.316 e. The van der Waals surface area contributed by atoms with Crippen molar-refractivity contribution in [2.24, 2.45) is 0 Å². The molecule has 0 spiro atoms. The zero-order valence-corrected chi connectivity index (χ0v) is 12.8. The maximum atomic E-state index is 11.7. The Kier molecular flexibility index (Phi) is 6.48. The highest BCUT2D eigenvalue weighted by Crippen LogP contribution is 2.19. The van der Waals surface area contributed by atoms with E-state index in [1.165, 1.54) is 0 Å². The minimum Gasteiger partial charge on any atom is -0.480 e. The van der Waals surface area contributed by atoms with E-state index in [-0.39, 0.29) is 11.7 Å². The Morgan fingerprint density at radius 1 is 1.44 bits per heavy atom. The molecule has 0 saturated carbocycles. The van der Waals surface area contributed by atoms with Crippen LogP contribution in [0.4, 0.5) is 5.69 Å². The molecule has 0 saturated heterocycles. The number of carbonyl (C=O) groups excluding carboxylic acids is 1. The third-order valence-electron chi connectivity index (χ3n) is 2.21. The summed E-state index contributed by atoms with van der Waals surface area (Å²) in [6.07, 6.45) is 0.510. The molecular weight excluding hydrogens is 365 g/mol. The molecule has 0 aliphatic rings. The van der Waals surface area contributed by atoms with Crippen LogP contribution in [0.1, 0.15) is 13.3 Å². The second-order valence-corrected chi connectivity index (χ2v) is 5.93. The molecule has 0 aromatic heterocycles. The summed E-state index contributed by atoms with van der Waals surface area (Å²) < 4.78 is 0.957. The number of aliphatic carboxylic acids is 1. The number of rotatable bonds is 6. The molecule has 1 aromatic carbocycles. The highest BCUT2D eigenvalue weighted by Gasteiger charge is 2.17. The van der Waals surface area contributed by atoms with Gasteiger partial charge in [0.15, 0.2) is 0 Å². The van der Waals surface area contributed by atoms with Crippen LogP contribution in [0, 0.1) is 3.57 Å². The van der Waals surface area contributed by atoms with E-state index in [0.29, 0.717) is 6.42 Å². The summed E-state index contributed by atoms with van der Waals surface area (Å²) in [5.41, 5.74) is 0.757. The van der Waals surface area contributed by atoms with Crippen molar-refractivity contribution in [2.45, 2.75) is 18.6 Å². The predicted octanol–water partition coefficient (Wildman–Crippen LogP) is 2.83. The molecule has 1 unspecified atom stereocenters. The van der Waals surface area contributed by atoms with Crippen LogP contribution in [-0.4, -0.2) is 28.0 Å². The molecular formula is C12H14INO3S. The van der Waals surface area contributed by atoms with E-state index in [1.807, 2.05) is 24.3 Å². The topological polar surface area (TPSA) is 66.4 Å². The van der Waals surface area contributed by atoms with E-state index in [0.717, 1.165) is 21.0 Å². The van der Waals surface area contributed by atoms with Gasteiger partial charge in [-0.05, 0) is 41.1 Å². The normalized spacial score (nSPS) is 11.9. The smallest absolute Gasteiger partial charge is 0.316 e. The standard InChI is InChI=1S/C12H14INO3S/c1-2-10(12(16)17)18-7-11(15)14-9-6-4-3-5-8(9)13/h3-6,10H,2,7H2,1H3,(H,14,15)(H,16,17). The summed E-state index contributed by atoms with van der Waals surface area (Å²) in [7, 11) is 0. The molecule has 1 rings (SSSR count). The number of thioether (sulfide) groups is 1. The van der Waals surface area contributed by atoms with Crippen molar-refractivity contribution in [1.29, 1.82) is 0 Å². The lowest BCUT2D eigenvalue weighted by Crippen LogP contribution is -2.21. The van der Waals surface area contributed by atoms with Crippen molar-refractivity contribution in [3.63, 3.8) is 0 Å². The van der Waals surface area contributed by atoms with Gasteiger partial charge in [-0.25, -0.2) is 0 Å². The van der Waals surface area contributed by atoms with E-state index in [1.54, 1.807) is 6.92 Å². The number of carbonyl (C=O) groups is 2. The van der Waals surface area contributed by atoms with Crippen molar-refractivity contribution < 1.29 is 14.7 Å². The molecule has 1 atom stereocenters. The molecule has 0 aliphatic heterocycles. The van der Waals surface area contributed by atoms with E-state index < -0.39 is 11.2 Å². The van der Waals surface area contributed by atoms with Crippen LogP contribution >= 0.6 is 34.4 Å². The molecule has 18 heavy (non-hydrogen) atoms. The van der Waals surface area contributed by atoms with Crippen LogP contribution in [0.3, 0.4) is 0 Å². The van der Waals surface area contributed by atoms with E-state index in [2.05, 4.69) is 27.9 Å². The second kappa shape index (κ2) is 7.63. The van der Waals surface area contributed by atoms with Gasteiger partial charge in [0.05, 0.1) is 11.4 Å². The fraction of sp³-hybridized carbons (Fsp3) is 0.333. The number of anilines is 1. The Balaban J connectivity index is 2.48. The van der Waals surface area contributed by atoms with Crippen molar-refractivity contribution in [2.75, 3.05) is 11.1 Å². The van der Waals surface area contributed by atoms with E-state index in [9.17, 15) is 9.59 Å². The number of halogens is 1. The van der Waals surface area contributed by atoms with Crippen LogP contribution in [0.5, 0.6) is 0 Å². The summed E-state index contributed by atoms with van der Waals surface area (Å²) in [4.78, 5) is 22.5. The quantitative estimate of drug-likeness (QED) is 0.747. The molecule has 4 nitrogen and oxygen atoms in total. The van der Waals surface area contributed by atoms with Crippen LogP contribution in [0.25, 0.3) is 0 Å². The Labute approximate surface area is 124 Å². The number of para-hydroxylation sites is 1. The molecule has 6 heteroatoms. The Bertz CT molecular complexity index is 439. The summed E-state index contributed by atoms with van der Waals surface area (Å²) in [5.74, 6) is -0.899. The Hall–Kier alpha value is -0.760. The number of benzene rings is 1. The highest BCUT2D eigenvalue weighted by atomic mass is 127. The molecule has 0 heterocycles. The average Bonchev–Trinajstić information content (AvgIpc) is 2.32. The number of hydrogen-bond donors (Lipinski definition) is 2. The third kappa shape index (κ3) is 4.85. The number of hydrogen-bond acceptors (Lipinski definition) is 3. The average molecular weight is 379 g/mol. The van der Waals surface area contributed by atoms with Gasteiger partial charge in [0, 0.05) is 3.57 Å². The van der Waals surface area contributed by atoms with Crippen LogP contribution in [-0.2, 0) is 9.59 Å². The van der Waals surface area contributed by atoms with Crippen LogP contribution < -0.4 is 5.32 Å². The summed E-state index contributed by atoms with van der Waals surface area (Å²) in [6.45, 7) is 1.80. The number of nitrogens with one attached hydrogen (secondary N) is 1. The lowest BCUT2D eigenvalue weighted by Gasteiger charge is -2.10. The fourth-order valence-electron chi connectivity index (χ4n) is 1.29. The largest absolute Gasteiger partial charge is 0.480 e.